The third-order valence-electron chi connectivity index (χ3n) is 6.45. The van der Waals surface area contributed by atoms with E-state index in [4.69, 9.17) is 4.74 Å². The summed E-state index contributed by atoms with van der Waals surface area (Å²) >= 11 is -0.593. The van der Waals surface area contributed by atoms with Crippen molar-refractivity contribution < 1.29 is 14.6 Å². The molecule has 0 aromatic heterocycles. The van der Waals surface area contributed by atoms with Gasteiger partial charge in [-0.1, -0.05) is 70.4 Å². The van der Waals surface area contributed by atoms with Crippen LogP contribution in [-0.2, 0) is 6.54 Å². The van der Waals surface area contributed by atoms with Gasteiger partial charge < -0.3 is 14.7 Å². The first-order chi connectivity index (χ1) is 14.8. The lowest BCUT2D eigenvalue weighted by molar-refractivity contribution is 0.0380. The highest BCUT2D eigenvalue weighted by atomic mass is 127. The lowest BCUT2D eigenvalue weighted by Crippen LogP contribution is -2.42. The fourth-order valence-corrected chi connectivity index (χ4v) is 6.97. The summed E-state index contributed by atoms with van der Waals surface area (Å²) < 4.78 is 14.9. The van der Waals surface area contributed by atoms with Gasteiger partial charge in [-0.2, -0.15) is 0 Å². The molecule has 2 heterocycles. The van der Waals surface area contributed by atoms with E-state index in [0.717, 1.165) is 56.0 Å². The van der Waals surface area contributed by atoms with Crippen LogP contribution in [0.1, 0.15) is 32.3 Å². The number of aliphatic hydroxyl groups is 1. The molecule has 0 aliphatic carbocycles. The summed E-state index contributed by atoms with van der Waals surface area (Å²) in [5.74, 6) is 1.36. The number of amides is 2. The predicted octanol–water partition coefficient (Wildman–Crippen LogP) is 4.26. The Balaban J connectivity index is 1.83. The number of nitrogens with zero attached hydrogens (tertiary/aromatic N) is 3. The van der Waals surface area contributed by atoms with Crippen molar-refractivity contribution >= 4 is 62.2 Å². The number of carbonyl (C=O) groups excluding carboxylic acids is 1. The zero-order valence-corrected chi connectivity index (χ0v) is 23.1. The molecular weight excluding hydrogens is 620 g/mol. The molecule has 2 aliphatic heterocycles. The molecule has 2 aliphatic rings. The van der Waals surface area contributed by atoms with Crippen molar-refractivity contribution in [2.24, 2.45) is 11.3 Å². The van der Waals surface area contributed by atoms with Gasteiger partial charge in [0.15, 0.2) is 2.12 Å². The summed E-state index contributed by atoms with van der Waals surface area (Å²) in [6.45, 7) is 8.84. The third kappa shape index (κ3) is 6.05. The quantitative estimate of drug-likeness (QED) is 0.320. The van der Waals surface area contributed by atoms with Crippen molar-refractivity contribution in [3.63, 3.8) is 0 Å². The molecule has 2 amide bonds. The molecular formula is C23H35I2N3O3. The number of anilines is 1. The van der Waals surface area contributed by atoms with Crippen LogP contribution in [0.25, 0.3) is 0 Å². The fourth-order valence-electron chi connectivity index (χ4n) is 4.25. The van der Waals surface area contributed by atoms with Gasteiger partial charge in [0.05, 0.1) is 0 Å². The first kappa shape index (κ1) is 25.0. The number of carbonyl (C=O) groups is 1. The Morgan fingerprint density at radius 1 is 1.26 bits per heavy atom. The second kappa shape index (κ2) is 11.0. The largest absolute Gasteiger partial charge is 0.471 e. The molecule has 2 saturated heterocycles. The lowest BCUT2D eigenvalue weighted by atomic mass is 9.75. The topological polar surface area (TPSA) is 56.2 Å². The summed E-state index contributed by atoms with van der Waals surface area (Å²) in [4.78, 5) is 18.5. The number of ether oxygens (including phenoxy) is 1. The molecule has 0 spiro atoms. The van der Waals surface area contributed by atoms with Gasteiger partial charge in [-0.25, -0.2) is 4.79 Å². The number of piperidine rings is 1. The van der Waals surface area contributed by atoms with Crippen LogP contribution < -0.4 is 9.64 Å². The molecule has 1 aromatic rings. The maximum Gasteiger partial charge on any atom is 0.324 e. The molecule has 3 rings (SSSR count). The van der Waals surface area contributed by atoms with Crippen molar-refractivity contribution in [3.05, 3.63) is 23.8 Å². The normalized spacial score (nSPS) is 20.7. The highest BCUT2D eigenvalue weighted by molar-refractivity contribution is 14.3. The van der Waals surface area contributed by atoms with E-state index in [1.165, 1.54) is 0 Å². The molecule has 2 fully saturated rings. The van der Waals surface area contributed by atoms with E-state index in [9.17, 15) is 9.90 Å². The number of hydrogen-bond donors (Lipinski definition) is 1. The number of likely N-dealkylation sites (N-methyl/N-ethyl adjacent to an activating group) is 1. The maximum absolute atomic E-state index is 12.5. The summed E-state index contributed by atoms with van der Waals surface area (Å²) in [7, 11) is 1.84. The first-order valence-electron chi connectivity index (χ1n) is 10.7. The molecule has 0 bridgehead atoms. The van der Waals surface area contributed by atoms with Crippen LogP contribution in [0.2, 0.25) is 0 Å². The van der Waals surface area contributed by atoms with Crippen molar-refractivity contribution in [2.45, 2.75) is 35.4 Å². The van der Waals surface area contributed by atoms with Crippen molar-refractivity contribution in [1.29, 1.82) is 0 Å². The molecule has 0 unspecified atom stereocenters. The van der Waals surface area contributed by atoms with Gasteiger partial charge in [-0.15, -0.1) is 0 Å². The summed E-state index contributed by atoms with van der Waals surface area (Å²) in [5.41, 5.74) is 1.99. The number of rotatable bonds is 9. The van der Waals surface area contributed by atoms with Gasteiger partial charge in [0.1, 0.15) is 5.75 Å². The monoisotopic (exact) mass is 655 g/mol. The molecule has 0 saturated carbocycles. The molecule has 8 heteroatoms. The van der Waals surface area contributed by atoms with E-state index >= 15 is 0 Å². The molecule has 31 heavy (non-hydrogen) atoms. The molecule has 1 atom stereocenters. The van der Waals surface area contributed by atoms with Crippen LogP contribution in [0.4, 0.5) is 10.5 Å². The Hall–Kier alpha value is -0.590. The van der Waals surface area contributed by atoms with E-state index in [0.29, 0.717) is 12.5 Å². The minimum atomic E-state index is -0.297. The van der Waals surface area contributed by atoms with Gasteiger partial charge in [0.25, 0.3) is 0 Å². The van der Waals surface area contributed by atoms with Gasteiger partial charge in [0.2, 0.25) is 0 Å². The summed E-state index contributed by atoms with van der Waals surface area (Å²) in [6.07, 6.45) is 2.31. The summed E-state index contributed by atoms with van der Waals surface area (Å²) in [6, 6.07) is 6.24. The Kier molecular flexibility index (Phi) is 8.90. The number of alkyl halides is 2. The van der Waals surface area contributed by atoms with Crippen LogP contribution in [0.15, 0.2) is 18.2 Å². The van der Waals surface area contributed by atoms with E-state index < -0.39 is 0 Å². The van der Waals surface area contributed by atoms with Gasteiger partial charge in [-0.05, 0) is 36.8 Å². The SMILES string of the molecule is C=IC(Oc1cc(N2CCN(C)C2=O)ccc1CN1CCC[C@H](C(C)(C)CO)C1)I=C. The Bertz CT molecular complexity index is 809. The van der Waals surface area contributed by atoms with Gasteiger partial charge in [-0.3, -0.25) is 9.80 Å². The highest BCUT2D eigenvalue weighted by Crippen LogP contribution is 2.36. The summed E-state index contributed by atoms with van der Waals surface area (Å²) in [5, 5.41) is 9.81. The lowest BCUT2D eigenvalue weighted by Gasteiger charge is -2.41. The third-order valence-corrected chi connectivity index (χ3v) is 12.8. The van der Waals surface area contributed by atoms with E-state index in [1.54, 1.807) is 4.90 Å². The van der Waals surface area contributed by atoms with Crippen LogP contribution in [0, 0.1) is 11.3 Å². The maximum atomic E-state index is 12.5. The average molecular weight is 655 g/mol. The Morgan fingerprint density at radius 3 is 2.61 bits per heavy atom. The zero-order chi connectivity index (χ0) is 22.6. The van der Waals surface area contributed by atoms with Crippen LogP contribution in [0.5, 0.6) is 5.75 Å². The van der Waals surface area contributed by atoms with Crippen LogP contribution in [-0.4, -0.2) is 71.9 Å². The van der Waals surface area contributed by atoms with Crippen LogP contribution in [0.3, 0.4) is 0 Å². The fraction of sp³-hybridized carbons (Fsp3) is 0.609. The zero-order valence-electron chi connectivity index (χ0n) is 18.8. The molecule has 174 valence electrons. The van der Waals surface area contributed by atoms with E-state index in [-0.39, 0.29) is 61.6 Å². The number of halogens is 2. The molecule has 1 aromatic carbocycles. The number of aliphatic hydroxyl groups excluding tert-OH is 1. The van der Waals surface area contributed by atoms with Crippen molar-refractivity contribution in [3.8, 4) is 5.75 Å². The van der Waals surface area contributed by atoms with Crippen LogP contribution >= 0.6 is 41.5 Å². The molecule has 0 radical (unpaired) electrons. The number of hydrogen-bond acceptors (Lipinski definition) is 4. The van der Waals surface area contributed by atoms with Crippen molar-refractivity contribution in [1.82, 2.24) is 9.80 Å². The van der Waals surface area contributed by atoms with Gasteiger partial charge >= 0.3 is 6.03 Å². The minimum Gasteiger partial charge on any atom is -0.471 e. The minimum absolute atomic E-state index is 0.0366. The average Bonchev–Trinajstić information content (AvgIpc) is 3.11. The van der Waals surface area contributed by atoms with Gasteiger partial charge in [0, 0.05) is 57.2 Å². The molecule has 1 N–H and O–H groups in total. The predicted molar refractivity (Wildman–Crippen MR) is 147 cm³/mol. The van der Waals surface area contributed by atoms with E-state index in [2.05, 4.69) is 33.8 Å². The number of benzene rings is 1. The van der Waals surface area contributed by atoms with Crippen molar-refractivity contribution in [2.75, 3.05) is 44.7 Å². The molecule has 6 nitrogen and oxygen atoms in total. The van der Waals surface area contributed by atoms with E-state index in [1.807, 2.05) is 24.1 Å². The number of likely N-dealkylation sites (tertiary alicyclic amines) is 1. The number of urea groups is 1. The standard InChI is InChI=1S/C23H35I2N3O3/c1-23(2,16-29)18-7-6-10-27(15-18)14-17-8-9-19(28-12-11-26(5)22(28)30)13-20(17)31-21(24-3)25-4/h8-9,13,18,21,29H,3-4,6-7,10-12,14-16H2,1-2,5H3/t18-/m0/s1. The second-order valence-electron chi connectivity index (χ2n) is 9.06. The Labute approximate surface area is 206 Å². The highest BCUT2D eigenvalue weighted by Gasteiger charge is 2.33. The first-order valence-corrected chi connectivity index (χ1v) is 16.2. The Morgan fingerprint density at radius 2 is 2.00 bits per heavy atom. The second-order valence-corrected chi connectivity index (χ2v) is 15.5. The smallest absolute Gasteiger partial charge is 0.324 e.